The number of halogens is 3. The van der Waals surface area contributed by atoms with Crippen LogP contribution in [0.2, 0.25) is 0 Å². The van der Waals surface area contributed by atoms with Crippen LogP contribution in [-0.4, -0.2) is 45.4 Å². The van der Waals surface area contributed by atoms with Gasteiger partial charge in [0.25, 0.3) is 0 Å². The van der Waals surface area contributed by atoms with Crippen LogP contribution in [-0.2, 0) is 0 Å². The molecule has 9 nitrogen and oxygen atoms in total. The topological polar surface area (TPSA) is 95.6 Å². The van der Waals surface area contributed by atoms with E-state index in [9.17, 15) is 18.0 Å². The molecule has 2 amide bonds. The van der Waals surface area contributed by atoms with Gasteiger partial charge in [0.1, 0.15) is 17.8 Å². The predicted molar refractivity (Wildman–Crippen MR) is 170 cm³/mol. The van der Waals surface area contributed by atoms with Crippen LogP contribution >= 0.6 is 11.3 Å². The summed E-state index contributed by atoms with van der Waals surface area (Å²) in [7, 11) is 1.63. The first-order valence-electron chi connectivity index (χ1n) is 14.5. The Labute approximate surface area is 268 Å². The molecule has 0 saturated carbocycles. The molecule has 1 unspecified atom stereocenters. The number of benzene rings is 3. The SMILES string of the molecule is COc1ccc(C(C)C)c(-n2c(C)csc2=NC(=O)NCC(C)c2ccc(-c3ncn(-c4ccc(OC(F)(F)F)cc4)n3)cc2)c1. The molecule has 0 bridgehead atoms. The second-order valence-electron chi connectivity index (χ2n) is 10.9. The number of aromatic nitrogens is 4. The van der Waals surface area contributed by atoms with Crippen molar-refractivity contribution in [2.45, 2.75) is 45.9 Å². The molecule has 0 aliphatic heterocycles. The number of hydrogen-bond donors (Lipinski definition) is 1. The molecule has 0 aliphatic rings. The molecule has 0 radical (unpaired) electrons. The van der Waals surface area contributed by atoms with Crippen LogP contribution in [0.1, 0.15) is 49.4 Å². The summed E-state index contributed by atoms with van der Waals surface area (Å²) in [5.74, 6) is 1.13. The summed E-state index contributed by atoms with van der Waals surface area (Å²) in [6.07, 6.45) is -3.27. The van der Waals surface area contributed by atoms with Crippen molar-refractivity contribution in [2.75, 3.05) is 13.7 Å². The van der Waals surface area contributed by atoms with E-state index in [4.69, 9.17) is 4.74 Å². The molecule has 5 aromatic rings. The predicted octanol–water partition coefficient (Wildman–Crippen LogP) is 7.54. The van der Waals surface area contributed by atoms with E-state index < -0.39 is 12.4 Å². The van der Waals surface area contributed by atoms with Crippen LogP contribution in [0.25, 0.3) is 22.8 Å². The average molecular weight is 651 g/mol. The van der Waals surface area contributed by atoms with E-state index in [2.05, 4.69) is 39.0 Å². The van der Waals surface area contributed by atoms with E-state index >= 15 is 0 Å². The lowest BCUT2D eigenvalue weighted by Gasteiger charge is -2.16. The molecule has 0 aliphatic carbocycles. The molecule has 2 aromatic heterocycles. The highest BCUT2D eigenvalue weighted by Gasteiger charge is 2.31. The van der Waals surface area contributed by atoms with E-state index in [1.165, 1.54) is 46.6 Å². The molecule has 0 saturated heterocycles. The first-order valence-corrected chi connectivity index (χ1v) is 15.4. The fraction of sp³-hybridized carbons (Fsp3) is 0.273. The first kappa shape index (κ1) is 32.5. The maximum absolute atomic E-state index is 12.9. The standard InChI is InChI=1S/C33H33F3N6O3S/c1-20(2)28-15-14-27(44-5)16-29(28)42-22(4)18-46-32(42)39-31(43)37-17-21(3)23-6-8-24(9-7-23)30-38-19-41(40-30)25-10-12-26(13-11-25)45-33(34,35)36/h6-16,18-21H,17H2,1-5H3,(H,37,43). The molecule has 0 fully saturated rings. The van der Waals surface area contributed by atoms with Gasteiger partial charge in [0.05, 0.1) is 18.5 Å². The highest BCUT2D eigenvalue weighted by atomic mass is 32.1. The van der Waals surface area contributed by atoms with Gasteiger partial charge in [0, 0.05) is 29.2 Å². The third kappa shape index (κ3) is 7.65. The second-order valence-corrected chi connectivity index (χ2v) is 11.8. The fourth-order valence-electron chi connectivity index (χ4n) is 4.86. The van der Waals surface area contributed by atoms with Gasteiger partial charge < -0.3 is 14.8 Å². The molecule has 5 rings (SSSR count). The second kappa shape index (κ2) is 13.6. The molecule has 240 valence electrons. The molecule has 1 atom stereocenters. The summed E-state index contributed by atoms with van der Waals surface area (Å²) in [5, 5.41) is 9.35. The Bertz CT molecular complexity index is 1880. The normalized spacial score (nSPS) is 12.8. The minimum Gasteiger partial charge on any atom is -0.497 e. The third-order valence-corrected chi connectivity index (χ3v) is 8.24. The highest BCUT2D eigenvalue weighted by molar-refractivity contribution is 7.07. The van der Waals surface area contributed by atoms with Crippen molar-refractivity contribution in [3.8, 4) is 34.3 Å². The minimum atomic E-state index is -4.75. The van der Waals surface area contributed by atoms with Gasteiger partial charge >= 0.3 is 12.4 Å². The summed E-state index contributed by atoms with van der Waals surface area (Å²) < 4.78 is 50.1. The van der Waals surface area contributed by atoms with E-state index in [1.807, 2.05) is 66.3 Å². The fourth-order valence-corrected chi connectivity index (χ4v) is 5.73. The zero-order valence-corrected chi connectivity index (χ0v) is 26.7. The average Bonchev–Trinajstić information content (AvgIpc) is 3.66. The van der Waals surface area contributed by atoms with Crippen molar-refractivity contribution in [3.05, 3.63) is 100 Å². The number of rotatable bonds is 9. The number of carbonyl (C=O) groups is 1. The van der Waals surface area contributed by atoms with Crippen molar-refractivity contribution < 1.29 is 27.4 Å². The van der Waals surface area contributed by atoms with Gasteiger partial charge in [0.15, 0.2) is 10.6 Å². The number of urea groups is 1. The number of alkyl halides is 3. The lowest BCUT2D eigenvalue weighted by molar-refractivity contribution is -0.274. The first-order chi connectivity index (χ1) is 21.9. The maximum Gasteiger partial charge on any atom is 0.573 e. The van der Waals surface area contributed by atoms with Gasteiger partial charge in [-0.15, -0.1) is 29.6 Å². The molecule has 0 spiro atoms. The molecular weight excluding hydrogens is 617 g/mol. The summed E-state index contributed by atoms with van der Waals surface area (Å²) in [6.45, 7) is 8.61. The smallest absolute Gasteiger partial charge is 0.497 e. The van der Waals surface area contributed by atoms with Gasteiger partial charge in [0.2, 0.25) is 0 Å². The zero-order valence-electron chi connectivity index (χ0n) is 25.9. The molecule has 3 aromatic carbocycles. The number of nitrogens with zero attached hydrogens (tertiary/aromatic N) is 5. The monoisotopic (exact) mass is 650 g/mol. The third-order valence-electron chi connectivity index (χ3n) is 7.30. The van der Waals surface area contributed by atoms with Gasteiger partial charge in [-0.25, -0.2) is 14.5 Å². The maximum atomic E-state index is 12.9. The van der Waals surface area contributed by atoms with Crippen LogP contribution in [0.4, 0.5) is 18.0 Å². The Morgan fingerprint density at radius 1 is 1.02 bits per heavy atom. The van der Waals surface area contributed by atoms with Crippen LogP contribution < -0.4 is 19.6 Å². The van der Waals surface area contributed by atoms with Crippen molar-refractivity contribution in [1.29, 1.82) is 0 Å². The number of nitrogens with one attached hydrogen (secondary N) is 1. The Morgan fingerprint density at radius 2 is 1.72 bits per heavy atom. The van der Waals surface area contributed by atoms with Crippen molar-refractivity contribution in [2.24, 2.45) is 4.99 Å². The highest BCUT2D eigenvalue weighted by Crippen LogP contribution is 2.28. The van der Waals surface area contributed by atoms with Crippen LogP contribution in [0, 0.1) is 6.92 Å². The molecular formula is C33H33F3N6O3S. The van der Waals surface area contributed by atoms with Crippen molar-refractivity contribution >= 4 is 17.4 Å². The lowest BCUT2D eigenvalue weighted by Crippen LogP contribution is -2.28. The summed E-state index contributed by atoms with van der Waals surface area (Å²) >= 11 is 1.40. The number of ether oxygens (including phenoxy) is 2. The van der Waals surface area contributed by atoms with Crippen LogP contribution in [0.15, 0.2) is 83.4 Å². The Kier molecular flexibility index (Phi) is 9.61. The van der Waals surface area contributed by atoms with E-state index in [-0.39, 0.29) is 17.6 Å². The number of thiazole rings is 1. The van der Waals surface area contributed by atoms with Gasteiger partial charge in [-0.1, -0.05) is 51.1 Å². The van der Waals surface area contributed by atoms with Gasteiger partial charge in [-0.2, -0.15) is 4.99 Å². The number of methoxy groups -OCH3 is 1. The number of carbonyl (C=O) groups excluding carboxylic acids is 1. The van der Waals surface area contributed by atoms with E-state index in [0.29, 0.717) is 22.9 Å². The van der Waals surface area contributed by atoms with Gasteiger partial charge in [-0.05, 0) is 60.2 Å². The van der Waals surface area contributed by atoms with E-state index in [1.54, 1.807) is 7.11 Å². The zero-order chi connectivity index (χ0) is 33.0. The summed E-state index contributed by atoms with van der Waals surface area (Å²) in [6, 6.07) is 18.5. The van der Waals surface area contributed by atoms with Crippen molar-refractivity contribution in [3.63, 3.8) is 0 Å². The van der Waals surface area contributed by atoms with Crippen LogP contribution in [0.5, 0.6) is 11.5 Å². The van der Waals surface area contributed by atoms with Crippen molar-refractivity contribution in [1.82, 2.24) is 24.6 Å². The minimum absolute atomic E-state index is 0.000674. The number of amides is 2. The Morgan fingerprint density at radius 3 is 2.37 bits per heavy atom. The summed E-state index contributed by atoms with van der Waals surface area (Å²) in [5.41, 5.74) is 5.32. The van der Waals surface area contributed by atoms with Gasteiger partial charge in [-0.3, -0.25) is 4.57 Å². The number of hydrogen-bond acceptors (Lipinski definition) is 6. The molecule has 46 heavy (non-hydrogen) atoms. The molecule has 13 heteroatoms. The van der Waals surface area contributed by atoms with E-state index in [0.717, 1.165) is 33.8 Å². The quantitative estimate of drug-likeness (QED) is 0.178. The molecule has 2 heterocycles. The summed E-state index contributed by atoms with van der Waals surface area (Å²) in [4.78, 5) is 22.2. The number of aryl methyl sites for hydroxylation is 1. The Balaban J connectivity index is 1.24. The molecule has 1 N–H and O–H groups in total. The largest absolute Gasteiger partial charge is 0.573 e. The Hall–Kier alpha value is -4.91. The van der Waals surface area contributed by atoms with Crippen LogP contribution in [0.3, 0.4) is 0 Å². The lowest BCUT2D eigenvalue weighted by atomic mass is 10.00.